The summed E-state index contributed by atoms with van der Waals surface area (Å²) in [5.74, 6) is 2.20. The number of rotatable bonds is 9. The van der Waals surface area contributed by atoms with Crippen molar-refractivity contribution in [3.63, 3.8) is 0 Å². The second-order valence-electron chi connectivity index (χ2n) is 10.7. The molecule has 204 valence electrons. The van der Waals surface area contributed by atoms with E-state index in [0.29, 0.717) is 32.3 Å². The van der Waals surface area contributed by atoms with Crippen LogP contribution in [0.3, 0.4) is 0 Å². The molecule has 0 radical (unpaired) electrons. The van der Waals surface area contributed by atoms with Crippen molar-refractivity contribution in [1.29, 1.82) is 0 Å². The van der Waals surface area contributed by atoms with E-state index >= 15 is 0 Å². The lowest BCUT2D eigenvalue weighted by Gasteiger charge is -2.41. The van der Waals surface area contributed by atoms with Crippen molar-refractivity contribution in [3.8, 4) is 11.5 Å². The molecule has 1 spiro atoms. The Morgan fingerprint density at radius 3 is 1.84 bits per heavy atom. The molecular weight excluding hydrogens is 506 g/mol. The van der Waals surface area contributed by atoms with Gasteiger partial charge in [-0.15, -0.1) is 0 Å². The monoisotopic (exact) mass is 548 g/mol. The zero-order valence-electron chi connectivity index (χ0n) is 23.4. The van der Waals surface area contributed by atoms with Crippen molar-refractivity contribution in [2.75, 3.05) is 26.4 Å². The molecular formula is C29H42O6P2. The molecule has 0 N–H and O–H groups in total. The highest BCUT2D eigenvalue weighted by Crippen LogP contribution is 2.54. The smallest absolute Gasteiger partial charge is 0.397 e. The van der Waals surface area contributed by atoms with Gasteiger partial charge in [-0.2, -0.15) is 0 Å². The normalized spacial score (nSPS) is 24.7. The van der Waals surface area contributed by atoms with Gasteiger partial charge >= 0.3 is 17.2 Å². The van der Waals surface area contributed by atoms with Crippen LogP contribution in [0.5, 0.6) is 11.5 Å². The zero-order chi connectivity index (χ0) is 26.6. The van der Waals surface area contributed by atoms with Crippen molar-refractivity contribution in [2.24, 2.45) is 5.41 Å². The summed E-state index contributed by atoms with van der Waals surface area (Å²) in [5, 5.41) is 0. The Morgan fingerprint density at radius 2 is 1.30 bits per heavy atom. The van der Waals surface area contributed by atoms with E-state index in [1.165, 1.54) is 22.3 Å². The van der Waals surface area contributed by atoms with E-state index in [-0.39, 0.29) is 5.41 Å². The summed E-state index contributed by atoms with van der Waals surface area (Å²) in [6, 6.07) is 8.73. The van der Waals surface area contributed by atoms with Gasteiger partial charge in [-0.1, -0.05) is 62.6 Å². The largest absolute Gasteiger partial charge is 0.426 e. The molecule has 1 unspecified atom stereocenters. The summed E-state index contributed by atoms with van der Waals surface area (Å²) in [5.41, 5.74) is 6.82. The van der Waals surface area contributed by atoms with Gasteiger partial charge in [0.25, 0.3) is 0 Å². The average Bonchev–Trinajstić information content (AvgIpc) is 2.88. The van der Waals surface area contributed by atoms with Gasteiger partial charge in [0, 0.05) is 0 Å². The summed E-state index contributed by atoms with van der Waals surface area (Å²) in [6.07, 6.45) is 4.31. The van der Waals surface area contributed by atoms with Gasteiger partial charge in [0.1, 0.15) is 11.5 Å². The van der Waals surface area contributed by atoms with Crippen LogP contribution in [0.2, 0.25) is 0 Å². The van der Waals surface area contributed by atoms with Crippen LogP contribution in [0.1, 0.15) is 79.3 Å². The summed E-state index contributed by atoms with van der Waals surface area (Å²) in [4.78, 5) is 0. The maximum absolute atomic E-state index is 6.32. The summed E-state index contributed by atoms with van der Waals surface area (Å²) < 4.78 is 37.0. The Hall–Kier alpha value is -1.26. The number of unbranched alkanes of at least 4 members (excludes halogenated alkanes) is 1. The quantitative estimate of drug-likeness (QED) is 0.292. The SMILES string of the molecule is CCCCc1cc(C)cc(C)c1OP1OCC2(CO1)COP(Oc1c(C)cc(C)cc1C(C)CC)OC2. The van der Waals surface area contributed by atoms with E-state index in [2.05, 4.69) is 72.7 Å². The van der Waals surface area contributed by atoms with Crippen LogP contribution in [0.4, 0.5) is 0 Å². The Balaban J connectivity index is 1.34. The first-order valence-electron chi connectivity index (χ1n) is 13.4. The van der Waals surface area contributed by atoms with Gasteiger partial charge in [0.2, 0.25) is 0 Å². The van der Waals surface area contributed by atoms with E-state index in [1.807, 2.05) is 0 Å². The predicted molar refractivity (Wildman–Crippen MR) is 150 cm³/mol. The predicted octanol–water partition coefficient (Wildman–Crippen LogP) is 8.77. The Morgan fingerprint density at radius 1 is 0.784 bits per heavy atom. The van der Waals surface area contributed by atoms with Crippen LogP contribution >= 0.6 is 17.2 Å². The van der Waals surface area contributed by atoms with Crippen molar-refractivity contribution in [1.82, 2.24) is 0 Å². The minimum atomic E-state index is -1.48. The van der Waals surface area contributed by atoms with Gasteiger partial charge < -0.3 is 27.1 Å². The fourth-order valence-electron chi connectivity index (χ4n) is 4.76. The first kappa shape index (κ1) is 28.7. The fourth-order valence-corrected chi connectivity index (χ4v) is 7.45. The molecule has 0 aromatic heterocycles. The summed E-state index contributed by atoms with van der Waals surface area (Å²) >= 11 is 0. The molecule has 2 aromatic rings. The third-order valence-electron chi connectivity index (χ3n) is 7.12. The van der Waals surface area contributed by atoms with Crippen LogP contribution in [0.25, 0.3) is 0 Å². The second kappa shape index (κ2) is 12.7. The number of benzene rings is 2. The lowest BCUT2D eigenvalue weighted by Crippen LogP contribution is -2.45. The van der Waals surface area contributed by atoms with Gasteiger partial charge in [-0.05, 0) is 75.1 Å². The molecule has 2 heterocycles. The van der Waals surface area contributed by atoms with Crippen molar-refractivity contribution >= 4 is 17.2 Å². The molecule has 2 saturated heterocycles. The number of aryl methyl sites for hydroxylation is 5. The van der Waals surface area contributed by atoms with Crippen LogP contribution in [0.15, 0.2) is 24.3 Å². The van der Waals surface area contributed by atoms with E-state index < -0.39 is 17.2 Å². The molecule has 0 bridgehead atoms. The Labute approximate surface area is 225 Å². The van der Waals surface area contributed by atoms with E-state index in [4.69, 9.17) is 27.1 Å². The third-order valence-corrected chi connectivity index (χ3v) is 9.15. The van der Waals surface area contributed by atoms with Crippen LogP contribution in [-0.2, 0) is 24.5 Å². The first-order chi connectivity index (χ1) is 17.7. The van der Waals surface area contributed by atoms with E-state index in [9.17, 15) is 0 Å². The molecule has 2 aromatic carbocycles. The van der Waals surface area contributed by atoms with Crippen molar-refractivity contribution in [2.45, 2.75) is 80.1 Å². The van der Waals surface area contributed by atoms with Gasteiger partial charge in [0.05, 0.1) is 31.8 Å². The minimum absolute atomic E-state index is 0.348. The minimum Gasteiger partial charge on any atom is -0.426 e. The molecule has 1 atom stereocenters. The molecule has 8 heteroatoms. The second-order valence-corrected chi connectivity index (χ2v) is 13.0. The first-order valence-corrected chi connectivity index (χ1v) is 15.6. The highest BCUT2D eigenvalue weighted by atomic mass is 31.2. The lowest BCUT2D eigenvalue weighted by atomic mass is 9.93. The standard InChI is InChI=1S/C29H42O6P2/c1-8-10-11-25-14-20(3)12-23(6)27(25)34-36-30-16-29(17-31-36)18-32-37(33-19-29)35-28-24(7)13-21(4)15-26(28)22(5)9-2/h12-15,22H,8-11,16-19H2,1-7H3. The highest BCUT2D eigenvalue weighted by molar-refractivity contribution is 7.42. The molecule has 2 fully saturated rings. The highest BCUT2D eigenvalue weighted by Gasteiger charge is 2.45. The van der Waals surface area contributed by atoms with Crippen LogP contribution in [-0.4, -0.2) is 26.4 Å². The maximum atomic E-state index is 6.32. The topological polar surface area (TPSA) is 55.4 Å². The molecule has 6 nitrogen and oxygen atoms in total. The van der Waals surface area contributed by atoms with Gasteiger partial charge in [-0.25, -0.2) is 0 Å². The molecule has 4 rings (SSSR count). The van der Waals surface area contributed by atoms with Gasteiger partial charge in [-0.3, -0.25) is 0 Å². The lowest BCUT2D eigenvalue weighted by molar-refractivity contribution is -0.0673. The van der Waals surface area contributed by atoms with Crippen molar-refractivity contribution in [3.05, 3.63) is 57.6 Å². The summed E-state index contributed by atoms with van der Waals surface area (Å²) in [6.45, 7) is 16.9. The number of hydrogen-bond acceptors (Lipinski definition) is 6. The Bertz CT molecular complexity index is 1060. The zero-order valence-corrected chi connectivity index (χ0v) is 25.2. The molecule has 2 aliphatic heterocycles. The molecule has 0 amide bonds. The fraction of sp³-hybridized carbons (Fsp3) is 0.586. The molecule has 37 heavy (non-hydrogen) atoms. The average molecular weight is 549 g/mol. The summed E-state index contributed by atoms with van der Waals surface area (Å²) in [7, 11) is -2.94. The maximum Gasteiger partial charge on any atom is 0.397 e. The van der Waals surface area contributed by atoms with Crippen molar-refractivity contribution < 1.29 is 27.1 Å². The van der Waals surface area contributed by atoms with Crippen LogP contribution < -0.4 is 9.05 Å². The van der Waals surface area contributed by atoms with E-state index in [1.54, 1.807) is 0 Å². The third kappa shape index (κ3) is 7.04. The van der Waals surface area contributed by atoms with Crippen LogP contribution in [0, 0.1) is 33.1 Å². The van der Waals surface area contributed by atoms with E-state index in [0.717, 1.165) is 48.3 Å². The molecule has 2 aliphatic rings. The molecule has 0 saturated carbocycles. The molecule has 0 aliphatic carbocycles. The Kier molecular flexibility index (Phi) is 9.89. The van der Waals surface area contributed by atoms with Gasteiger partial charge in [0.15, 0.2) is 0 Å². The number of hydrogen-bond donors (Lipinski definition) is 0.